The van der Waals surface area contributed by atoms with Gasteiger partial charge in [0.05, 0.1) is 5.92 Å². The highest BCUT2D eigenvalue weighted by molar-refractivity contribution is 6.30. The largest absolute Gasteiger partial charge is 0.454 e. The van der Waals surface area contributed by atoms with Crippen molar-refractivity contribution in [1.82, 2.24) is 20.0 Å². The first-order chi connectivity index (χ1) is 19.9. The fraction of sp³-hybridized carbons (Fsp3) is 0.606. The van der Waals surface area contributed by atoms with E-state index in [2.05, 4.69) is 58.1 Å². The van der Waals surface area contributed by atoms with E-state index in [1.165, 1.54) is 43.2 Å². The van der Waals surface area contributed by atoms with Crippen LogP contribution in [0.4, 0.5) is 0 Å². The lowest BCUT2D eigenvalue weighted by Gasteiger charge is -2.50. The first-order valence-electron chi connectivity index (χ1n) is 15.5. The molecule has 7 nitrogen and oxygen atoms in total. The summed E-state index contributed by atoms with van der Waals surface area (Å²) in [7, 11) is 0. The van der Waals surface area contributed by atoms with Crippen LogP contribution in [0.1, 0.15) is 63.0 Å². The van der Waals surface area contributed by atoms with E-state index in [0.29, 0.717) is 18.7 Å². The predicted molar refractivity (Wildman–Crippen MR) is 163 cm³/mol. The van der Waals surface area contributed by atoms with Gasteiger partial charge in [-0.1, -0.05) is 49.1 Å². The summed E-state index contributed by atoms with van der Waals surface area (Å²) in [5.41, 5.74) is 2.61. The average molecular weight is 581 g/mol. The van der Waals surface area contributed by atoms with Crippen molar-refractivity contribution >= 4 is 17.5 Å². The van der Waals surface area contributed by atoms with Crippen LogP contribution in [0.5, 0.6) is 11.5 Å². The van der Waals surface area contributed by atoms with Crippen molar-refractivity contribution in [3.63, 3.8) is 0 Å². The summed E-state index contributed by atoms with van der Waals surface area (Å²) in [5, 5.41) is 4.53. The third kappa shape index (κ3) is 6.24. The maximum atomic E-state index is 14.0. The number of amides is 1. The van der Waals surface area contributed by atoms with E-state index in [0.717, 1.165) is 68.9 Å². The number of carbonyl (C=O) groups excluding carboxylic acids is 1. The fourth-order valence-corrected chi connectivity index (χ4v) is 7.62. The molecule has 4 aliphatic rings. The number of nitrogens with one attached hydrogen (secondary N) is 1. The highest BCUT2D eigenvalue weighted by Gasteiger charge is 2.44. The molecule has 1 N–H and O–H groups in total. The molecule has 2 aromatic carbocycles. The van der Waals surface area contributed by atoms with Crippen LogP contribution in [0.25, 0.3) is 0 Å². The Morgan fingerprint density at radius 1 is 0.976 bits per heavy atom. The molecule has 1 amide bonds. The summed E-state index contributed by atoms with van der Waals surface area (Å²) in [6, 6.07) is 14.8. The molecule has 2 atom stereocenters. The molecule has 3 heterocycles. The molecule has 6 rings (SSSR count). The molecule has 2 aromatic rings. The number of rotatable bonds is 8. The third-order valence-corrected chi connectivity index (χ3v) is 10.2. The summed E-state index contributed by atoms with van der Waals surface area (Å²) in [6.07, 6.45) is 6.32. The molecule has 3 fully saturated rings. The summed E-state index contributed by atoms with van der Waals surface area (Å²) in [5.74, 6) is 2.21. The second kappa shape index (κ2) is 12.5. The number of piperazine rings is 1. The molecule has 1 aliphatic carbocycles. The monoisotopic (exact) mass is 580 g/mol. The number of carbonyl (C=O) groups is 1. The van der Waals surface area contributed by atoms with E-state index in [1.54, 1.807) is 0 Å². The molecule has 222 valence electrons. The van der Waals surface area contributed by atoms with Gasteiger partial charge in [-0.15, -0.1) is 0 Å². The molecule has 0 bridgehead atoms. The molecule has 0 spiro atoms. The zero-order valence-electron chi connectivity index (χ0n) is 24.6. The highest BCUT2D eigenvalue weighted by Crippen LogP contribution is 2.38. The fourth-order valence-electron chi connectivity index (χ4n) is 7.49. The van der Waals surface area contributed by atoms with E-state index in [4.69, 9.17) is 21.1 Å². The Labute approximate surface area is 250 Å². The van der Waals surface area contributed by atoms with Crippen LogP contribution in [0.3, 0.4) is 0 Å². The Bertz CT molecular complexity index is 1190. The van der Waals surface area contributed by atoms with E-state index in [-0.39, 0.29) is 17.4 Å². The van der Waals surface area contributed by atoms with Crippen molar-refractivity contribution < 1.29 is 14.3 Å². The van der Waals surface area contributed by atoms with Crippen molar-refractivity contribution in [2.75, 3.05) is 52.6 Å². The Morgan fingerprint density at radius 3 is 2.44 bits per heavy atom. The SMILES string of the molecule is CC(C)N1C[C@H](C(=O)N2CCN(C3(CNCc4ccc5c(c4)OCO5)CCCCC3)CC2)[C@@H](c2ccc(Cl)cc2)C1. The number of ether oxygens (including phenoxy) is 2. The van der Waals surface area contributed by atoms with E-state index < -0.39 is 0 Å². The van der Waals surface area contributed by atoms with Crippen molar-refractivity contribution in [3.8, 4) is 11.5 Å². The Hall–Kier alpha value is -2.32. The topological polar surface area (TPSA) is 57.3 Å². The van der Waals surface area contributed by atoms with Crippen molar-refractivity contribution in [2.24, 2.45) is 5.92 Å². The van der Waals surface area contributed by atoms with Gasteiger partial charge in [0.25, 0.3) is 0 Å². The van der Waals surface area contributed by atoms with Crippen LogP contribution in [0.2, 0.25) is 5.02 Å². The van der Waals surface area contributed by atoms with Gasteiger partial charge in [-0.3, -0.25) is 14.6 Å². The summed E-state index contributed by atoms with van der Waals surface area (Å²) in [6.45, 7) is 11.8. The molecular formula is C33H45ClN4O3. The maximum Gasteiger partial charge on any atom is 0.231 e. The molecule has 0 aromatic heterocycles. The standard InChI is InChI=1S/C33H45ClN4O3/c1-24(2)37-20-28(26-7-9-27(34)10-8-26)29(21-37)32(39)36-14-16-38(17-15-36)33(12-4-3-5-13-33)22-35-19-25-6-11-30-31(18-25)41-23-40-30/h6-11,18,24,28-29,35H,3-5,12-17,19-23H2,1-2H3/t28-,29+/m1/s1. The number of fused-ring (bicyclic) bond motifs is 1. The van der Waals surface area contributed by atoms with Crippen LogP contribution < -0.4 is 14.8 Å². The third-order valence-electron chi connectivity index (χ3n) is 9.96. The lowest BCUT2D eigenvalue weighted by Crippen LogP contribution is -2.62. The predicted octanol–water partition coefficient (Wildman–Crippen LogP) is 5.13. The Kier molecular flexibility index (Phi) is 8.78. The Balaban J connectivity index is 1.08. The Morgan fingerprint density at radius 2 is 1.71 bits per heavy atom. The van der Waals surface area contributed by atoms with E-state index in [9.17, 15) is 4.79 Å². The van der Waals surface area contributed by atoms with Gasteiger partial charge in [0.1, 0.15) is 0 Å². The smallest absolute Gasteiger partial charge is 0.231 e. The van der Waals surface area contributed by atoms with Crippen LogP contribution in [0, 0.1) is 5.92 Å². The number of nitrogens with zero attached hydrogens (tertiary/aromatic N) is 3. The van der Waals surface area contributed by atoms with Crippen molar-refractivity contribution in [1.29, 1.82) is 0 Å². The molecule has 3 aliphatic heterocycles. The molecule has 1 saturated carbocycles. The first-order valence-corrected chi connectivity index (χ1v) is 15.9. The minimum atomic E-state index is -0.00265. The highest BCUT2D eigenvalue weighted by atomic mass is 35.5. The van der Waals surface area contributed by atoms with Crippen molar-refractivity contribution in [3.05, 3.63) is 58.6 Å². The summed E-state index contributed by atoms with van der Waals surface area (Å²) >= 11 is 6.19. The zero-order chi connectivity index (χ0) is 28.4. The quantitative estimate of drug-likeness (QED) is 0.467. The van der Waals surface area contributed by atoms with Gasteiger partial charge in [-0.25, -0.2) is 0 Å². The van der Waals surface area contributed by atoms with E-state index >= 15 is 0 Å². The van der Waals surface area contributed by atoms with Crippen LogP contribution >= 0.6 is 11.6 Å². The summed E-state index contributed by atoms with van der Waals surface area (Å²) in [4.78, 5) is 21.3. The van der Waals surface area contributed by atoms with Gasteiger partial charge in [-0.05, 0) is 62.1 Å². The molecule has 0 unspecified atom stereocenters. The van der Waals surface area contributed by atoms with Gasteiger partial charge < -0.3 is 19.7 Å². The van der Waals surface area contributed by atoms with E-state index in [1.807, 2.05) is 18.2 Å². The minimum Gasteiger partial charge on any atom is -0.454 e. The molecule has 8 heteroatoms. The number of hydrogen-bond donors (Lipinski definition) is 1. The van der Waals surface area contributed by atoms with Gasteiger partial charge in [0.2, 0.25) is 12.7 Å². The second-order valence-corrected chi connectivity index (χ2v) is 13.1. The lowest BCUT2D eigenvalue weighted by atomic mass is 9.79. The second-order valence-electron chi connectivity index (χ2n) is 12.7. The molecule has 41 heavy (non-hydrogen) atoms. The number of halogens is 1. The van der Waals surface area contributed by atoms with Gasteiger partial charge in [0, 0.05) is 74.9 Å². The van der Waals surface area contributed by atoms with Gasteiger partial charge in [0.15, 0.2) is 11.5 Å². The molecular weight excluding hydrogens is 536 g/mol. The minimum absolute atomic E-state index is 0.00265. The van der Waals surface area contributed by atoms with Crippen molar-refractivity contribution in [2.45, 2.75) is 70.0 Å². The number of likely N-dealkylation sites (tertiary alicyclic amines) is 1. The van der Waals surface area contributed by atoms with Crippen LogP contribution in [0.15, 0.2) is 42.5 Å². The number of hydrogen-bond acceptors (Lipinski definition) is 6. The maximum absolute atomic E-state index is 14.0. The average Bonchev–Trinajstić information content (AvgIpc) is 3.66. The zero-order valence-corrected chi connectivity index (χ0v) is 25.4. The normalized spacial score (nSPS) is 24.7. The first kappa shape index (κ1) is 28.8. The lowest BCUT2D eigenvalue weighted by molar-refractivity contribution is -0.138. The van der Waals surface area contributed by atoms with Crippen LogP contribution in [-0.4, -0.2) is 84.8 Å². The van der Waals surface area contributed by atoms with Gasteiger partial charge in [-0.2, -0.15) is 0 Å². The number of benzene rings is 2. The van der Waals surface area contributed by atoms with Gasteiger partial charge >= 0.3 is 0 Å². The van der Waals surface area contributed by atoms with Crippen LogP contribution in [-0.2, 0) is 11.3 Å². The molecule has 0 radical (unpaired) electrons. The molecule has 2 saturated heterocycles. The summed E-state index contributed by atoms with van der Waals surface area (Å²) < 4.78 is 11.0.